The zero-order chi connectivity index (χ0) is 14.4. The zero-order valence-electron chi connectivity index (χ0n) is 11.4. The van der Waals surface area contributed by atoms with E-state index in [4.69, 9.17) is 11.6 Å². The van der Waals surface area contributed by atoms with Gasteiger partial charge < -0.3 is 10.2 Å². The quantitative estimate of drug-likeness (QED) is 0.903. The molecule has 0 fully saturated rings. The van der Waals surface area contributed by atoms with Crippen molar-refractivity contribution in [2.75, 3.05) is 18.9 Å². The number of benzene rings is 1. The Morgan fingerprint density at radius 3 is 2.42 bits per heavy atom. The van der Waals surface area contributed by atoms with Crippen molar-refractivity contribution in [1.82, 2.24) is 4.90 Å². The third kappa shape index (κ3) is 4.91. The first kappa shape index (κ1) is 15.5. The second-order valence-corrected chi connectivity index (χ2v) is 5.00. The Labute approximate surface area is 118 Å². The summed E-state index contributed by atoms with van der Waals surface area (Å²) < 4.78 is 0. The molecule has 1 rings (SSSR count). The van der Waals surface area contributed by atoms with Crippen LogP contribution in [0.3, 0.4) is 0 Å². The van der Waals surface area contributed by atoms with Crippen LogP contribution in [0.15, 0.2) is 24.3 Å². The largest absolute Gasteiger partial charge is 0.336 e. The van der Waals surface area contributed by atoms with Crippen LogP contribution in [0.5, 0.6) is 0 Å². The van der Waals surface area contributed by atoms with E-state index in [1.165, 1.54) is 4.90 Å². The van der Waals surface area contributed by atoms with Crippen molar-refractivity contribution in [3.63, 3.8) is 0 Å². The molecule has 1 N–H and O–H groups in total. The molecule has 0 aliphatic heterocycles. The number of amides is 2. The van der Waals surface area contributed by atoms with E-state index < -0.39 is 0 Å². The molecule has 4 nitrogen and oxygen atoms in total. The van der Waals surface area contributed by atoms with Crippen molar-refractivity contribution in [3.05, 3.63) is 29.3 Å². The predicted octanol–water partition coefficient (Wildman–Crippen LogP) is 2.78. The predicted molar refractivity (Wildman–Crippen MR) is 77.2 cm³/mol. The highest BCUT2D eigenvalue weighted by atomic mass is 35.5. The summed E-state index contributed by atoms with van der Waals surface area (Å²) in [5.41, 5.74) is 0.666. The molecule has 2 amide bonds. The topological polar surface area (TPSA) is 49.4 Å². The van der Waals surface area contributed by atoms with Gasteiger partial charge in [-0.2, -0.15) is 0 Å². The molecule has 5 heteroatoms. The van der Waals surface area contributed by atoms with Crippen LogP contribution in [-0.2, 0) is 9.59 Å². The molecule has 1 unspecified atom stereocenters. The first-order chi connectivity index (χ1) is 8.93. The third-order valence-electron chi connectivity index (χ3n) is 2.92. The van der Waals surface area contributed by atoms with Crippen LogP contribution in [0.4, 0.5) is 5.69 Å². The Morgan fingerprint density at radius 1 is 1.32 bits per heavy atom. The van der Waals surface area contributed by atoms with E-state index in [9.17, 15) is 9.59 Å². The van der Waals surface area contributed by atoms with Gasteiger partial charge in [0.2, 0.25) is 11.8 Å². The molecule has 0 saturated carbocycles. The summed E-state index contributed by atoms with van der Waals surface area (Å²) in [6.45, 7) is 3.85. The van der Waals surface area contributed by atoms with Crippen molar-refractivity contribution < 1.29 is 9.59 Å². The summed E-state index contributed by atoms with van der Waals surface area (Å²) in [5, 5.41) is 3.33. The number of likely N-dealkylation sites (N-methyl/N-ethyl adjacent to an activating group) is 1. The highest BCUT2D eigenvalue weighted by molar-refractivity contribution is 6.30. The maximum absolute atomic E-state index is 11.8. The van der Waals surface area contributed by atoms with E-state index in [1.807, 2.05) is 13.8 Å². The fourth-order valence-corrected chi connectivity index (χ4v) is 1.70. The van der Waals surface area contributed by atoms with Gasteiger partial charge in [0.15, 0.2) is 0 Å². The fraction of sp³-hybridized carbons (Fsp3) is 0.429. The molecule has 0 aliphatic carbocycles. The Balaban J connectivity index is 2.51. The number of rotatable bonds is 5. The standard InChI is InChI=1S/C14H19ClN2O2/c1-4-10(2)14(19)17(3)9-13(18)16-12-7-5-11(15)6-8-12/h5-8,10H,4,9H2,1-3H3,(H,16,18). The van der Waals surface area contributed by atoms with Crippen LogP contribution >= 0.6 is 11.6 Å². The van der Waals surface area contributed by atoms with Crippen LogP contribution in [0, 0.1) is 5.92 Å². The molecule has 0 heterocycles. The Bertz CT molecular complexity index is 445. The third-order valence-corrected chi connectivity index (χ3v) is 3.17. The summed E-state index contributed by atoms with van der Waals surface area (Å²) in [4.78, 5) is 25.1. The number of halogens is 1. The van der Waals surface area contributed by atoms with Crippen LogP contribution in [-0.4, -0.2) is 30.3 Å². The van der Waals surface area contributed by atoms with E-state index in [-0.39, 0.29) is 24.3 Å². The van der Waals surface area contributed by atoms with Crippen molar-refractivity contribution in [1.29, 1.82) is 0 Å². The maximum atomic E-state index is 11.8. The second kappa shape index (κ2) is 7.14. The summed E-state index contributed by atoms with van der Waals surface area (Å²) >= 11 is 5.76. The zero-order valence-corrected chi connectivity index (χ0v) is 12.2. The summed E-state index contributed by atoms with van der Waals surface area (Å²) in [6, 6.07) is 6.84. The Kier molecular flexibility index (Phi) is 5.83. The van der Waals surface area contributed by atoms with Gasteiger partial charge in [-0.3, -0.25) is 9.59 Å². The second-order valence-electron chi connectivity index (χ2n) is 4.56. The van der Waals surface area contributed by atoms with Gasteiger partial charge in [0.25, 0.3) is 0 Å². The maximum Gasteiger partial charge on any atom is 0.243 e. The van der Waals surface area contributed by atoms with Gasteiger partial charge in [-0.25, -0.2) is 0 Å². The fourth-order valence-electron chi connectivity index (χ4n) is 1.58. The first-order valence-electron chi connectivity index (χ1n) is 6.24. The Hall–Kier alpha value is -1.55. The molecule has 0 radical (unpaired) electrons. The van der Waals surface area contributed by atoms with E-state index in [1.54, 1.807) is 31.3 Å². The van der Waals surface area contributed by atoms with Crippen molar-refractivity contribution >= 4 is 29.1 Å². The van der Waals surface area contributed by atoms with Crippen LogP contribution < -0.4 is 5.32 Å². The lowest BCUT2D eigenvalue weighted by atomic mass is 10.1. The van der Waals surface area contributed by atoms with E-state index in [0.29, 0.717) is 10.7 Å². The number of nitrogens with one attached hydrogen (secondary N) is 1. The molecular weight excluding hydrogens is 264 g/mol. The molecule has 0 saturated heterocycles. The number of hydrogen-bond acceptors (Lipinski definition) is 2. The van der Waals surface area contributed by atoms with Crippen LogP contribution in [0.25, 0.3) is 0 Å². The minimum atomic E-state index is -0.221. The van der Waals surface area contributed by atoms with Crippen molar-refractivity contribution in [2.45, 2.75) is 20.3 Å². The average molecular weight is 283 g/mol. The highest BCUT2D eigenvalue weighted by Crippen LogP contribution is 2.13. The molecule has 1 aromatic carbocycles. The molecular formula is C14H19ClN2O2. The monoisotopic (exact) mass is 282 g/mol. The van der Waals surface area contributed by atoms with Gasteiger partial charge in [-0.15, -0.1) is 0 Å². The highest BCUT2D eigenvalue weighted by Gasteiger charge is 2.17. The van der Waals surface area contributed by atoms with Crippen LogP contribution in [0.2, 0.25) is 5.02 Å². The summed E-state index contributed by atoms with van der Waals surface area (Å²) in [7, 11) is 1.63. The van der Waals surface area contributed by atoms with Crippen LogP contribution in [0.1, 0.15) is 20.3 Å². The lowest BCUT2D eigenvalue weighted by Crippen LogP contribution is -2.37. The first-order valence-corrected chi connectivity index (χ1v) is 6.62. The molecule has 0 aliphatic rings. The van der Waals surface area contributed by atoms with Crippen molar-refractivity contribution in [3.8, 4) is 0 Å². The normalized spacial score (nSPS) is 11.8. The molecule has 0 aromatic heterocycles. The minimum absolute atomic E-state index is 0.0197. The van der Waals surface area contributed by atoms with E-state index in [2.05, 4.69) is 5.32 Å². The van der Waals surface area contributed by atoms with Gasteiger partial charge in [0, 0.05) is 23.7 Å². The number of nitrogens with zero attached hydrogens (tertiary/aromatic N) is 1. The van der Waals surface area contributed by atoms with Gasteiger partial charge in [0.05, 0.1) is 6.54 Å². The molecule has 0 spiro atoms. The number of carbonyl (C=O) groups is 2. The van der Waals surface area contributed by atoms with E-state index in [0.717, 1.165) is 6.42 Å². The molecule has 0 bridgehead atoms. The van der Waals surface area contributed by atoms with Gasteiger partial charge in [-0.05, 0) is 30.7 Å². The molecule has 104 valence electrons. The average Bonchev–Trinajstić information content (AvgIpc) is 2.39. The summed E-state index contributed by atoms with van der Waals surface area (Å²) in [5.74, 6) is -0.302. The van der Waals surface area contributed by atoms with Gasteiger partial charge in [-0.1, -0.05) is 25.4 Å². The summed E-state index contributed by atoms with van der Waals surface area (Å²) in [6.07, 6.45) is 0.766. The smallest absolute Gasteiger partial charge is 0.243 e. The molecule has 1 atom stereocenters. The number of hydrogen-bond donors (Lipinski definition) is 1. The lowest BCUT2D eigenvalue weighted by Gasteiger charge is -2.20. The lowest BCUT2D eigenvalue weighted by molar-refractivity contribution is -0.136. The molecule has 1 aromatic rings. The number of carbonyl (C=O) groups excluding carboxylic acids is 2. The van der Waals surface area contributed by atoms with E-state index >= 15 is 0 Å². The number of anilines is 1. The minimum Gasteiger partial charge on any atom is -0.336 e. The van der Waals surface area contributed by atoms with Gasteiger partial charge >= 0.3 is 0 Å². The van der Waals surface area contributed by atoms with Gasteiger partial charge in [0.1, 0.15) is 0 Å². The van der Waals surface area contributed by atoms with Crippen molar-refractivity contribution in [2.24, 2.45) is 5.92 Å². The Morgan fingerprint density at radius 2 is 1.89 bits per heavy atom. The SMILES string of the molecule is CCC(C)C(=O)N(C)CC(=O)Nc1ccc(Cl)cc1. The molecule has 19 heavy (non-hydrogen) atoms.